The molecule has 2 rings (SSSR count). The third-order valence-electron chi connectivity index (χ3n) is 2.95. The van der Waals surface area contributed by atoms with Crippen LogP contribution in [0, 0.1) is 6.92 Å². The molecule has 0 bridgehead atoms. The Morgan fingerprint density at radius 1 is 1.52 bits per heavy atom. The minimum Gasteiger partial charge on any atom is -0.393 e. The largest absolute Gasteiger partial charge is 0.393 e. The van der Waals surface area contributed by atoms with Crippen LogP contribution in [-0.4, -0.2) is 32.3 Å². The van der Waals surface area contributed by atoms with Crippen molar-refractivity contribution >= 4 is 34.5 Å². The normalized spacial score (nSPS) is 10.3. The lowest BCUT2D eigenvalue weighted by Gasteiger charge is -2.22. The van der Waals surface area contributed by atoms with E-state index in [0.29, 0.717) is 29.4 Å². The molecule has 0 spiro atoms. The average molecular weight is 320 g/mol. The number of aromatic nitrogens is 2. The van der Waals surface area contributed by atoms with Gasteiger partial charge in [-0.3, -0.25) is 9.78 Å². The number of thiocarbonyl (C=S) groups is 1. The first kappa shape index (κ1) is 15.5. The number of carbonyl (C=O) groups is 1. The lowest BCUT2D eigenvalue weighted by atomic mass is 10.2. The van der Waals surface area contributed by atoms with Crippen molar-refractivity contribution in [2.45, 2.75) is 19.9 Å². The summed E-state index contributed by atoms with van der Waals surface area (Å²) < 4.78 is 0. The summed E-state index contributed by atoms with van der Waals surface area (Å²) in [7, 11) is 0. The highest BCUT2D eigenvalue weighted by atomic mass is 32.1. The lowest BCUT2D eigenvalue weighted by Crippen LogP contribution is -2.33. The van der Waals surface area contributed by atoms with Gasteiger partial charge in [0.1, 0.15) is 4.88 Å². The zero-order valence-electron chi connectivity index (χ0n) is 11.7. The van der Waals surface area contributed by atoms with Gasteiger partial charge in [-0.25, -0.2) is 4.98 Å². The van der Waals surface area contributed by atoms with E-state index in [-0.39, 0.29) is 5.91 Å². The number of nitrogens with zero attached hydrogens (tertiary/aromatic N) is 3. The second-order valence-corrected chi connectivity index (χ2v) is 5.95. The van der Waals surface area contributed by atoms with Gasteiger partial charge in [-0.05, 0) is 18.6 Å². The first-order valence-electron chi connectivity index (χ1n) is 6.44. The number of hydrogen-bond donors (Lipinski definition) is 1. The summed E-state index contributed by atoms with van der Waals surface area (Å²) in [6.07, 6.45) is 3.96. The fourth-order valence-electron chi connectivity index (χ4n) is 1.86. The molecule has 0 aliphatic rings. The Morgan fingerprint density at radius 2 is 2.33 bits per heavy atom. The number of carbonyl (C=O) groups excluding carboxylic acids is 1. The molecule has 0 atom stereocenters. The van der Waals surface area contributed by atoms with Crippen LogP contribution in [0.3, 0.4) is 0 Å². The third-order valence-corrected chi connectivity index (χ3v) is 4.07. The first-order valence-corrected chi connectivity index (χ1v) is 7.73. The second kappa shape index (κ2) is 7.24. The predicted octanol–water partition coefficient (Wildman–Crippen LogP) is 2.17. The average Bonchev–Trinajstić information content (AvgIpc) is 2.90. The van der Waals surface area contributed by atoms with Gasteiger partial charge in [0.2, 0.25) is 0 Å². The Labute approximate surface area is 132 Å². The number of aryl methyl sites for hydroxylation is 1. The maximum atomic E-state index is 12.6. The summed E-state index contributed by atoms with van der Waals surface area (Å²) in [5, 5.41) is 0. The van der Waals surface area contributed by atoms with Crippen molar-refractivity contribution in [2.75, 3.05) is 6.54 Å². The number of thiazole rings is 1. The summed E-state index contributed by atoms with van der Waals surface area (Å²) in [6.45, 7) is 2.80. The minimum atomic E-state index is -0.0462. The molecule has 2 heterocycles. The molecule has 7 heteroatoms. The third kappa shape index (κ3) is 4.30. The molecule has 0 saturated heterocycles. The number of hydrogen-bond acceptors (Lipinski definition) is 5. The van der Waals surface area contributed by atoms with Gasteiger partial charge in [-0.15, -0.1) is 11.3 Å². The van der Waals surface area contributed by atoms with Crippen molar-refractivity contribution in [3.8, 4) is 0 Å². The van der Waals surface area contributed by atoms with E-state index in [0.717, 1.165) is 11.3 Å². The second-order valence-electron chi connectivity index (χ2n) is 4.57. The van der Waals surface area contributed by atoms with E-state index in [1.54, 1.807) is 22.8 Å². The highest BCUT2D eigenvalue weighted by molar-refractivity contribution is 7.80. The van der Waals surface area contributed by atoms with Crippen LogP contribution in [0.15, 0.2) is 30.0 Å². The quantitative estimate of drug-likeness (QED) is 0.826. The van der Waals surface area contributed by atoms with E-state index in [1.807, 2.05) is 19.1 Å². The molecular formula is C14H16N4OS2. The number of pyridine rings is 1. The van der Waals surface area contributed by atoms with E-state index in [4.69, 9.17) is 18.0 Å². The molecule has 2 aromatic rings. The van der Waals surface area contributed by atoms with Crippen molar-refractivity contribution in [3.63, 3.8) is 0 Å². The van der Waals surface area contributed by atoms with Crippen molar-refractivity contribution < 1.29 is 4.79 Å². The molecule has 0 aromatic carbocycles. The summed E-state index contributed by atoms with van der Waals surface area (Å²) in [6, 6.07) is 3.79. The van der Waals surface area contributed by atoms with Gasteiger partial charge in [0.05, 0.1) is 16.2 Å². The number of rotatable bonds is 6. The standard InChI is InChI=1S/C14H16N4OS2/c1-10-13(21-9-17-10)14(19)18(6-4-12(15)20)8-11-3-2-5-16-7-11/h2-3,5,7,9H,4,6,8H2,1H3,(H2,15,20). The topological polar surface area (TPSA) is 72.1 Å². The zero-order chi connectivity index (χ0) is 15.2. The minimum absolute atomic E-state index is 0.0462. The summed E-state index contributed by atoms with van der Waals surface area (Å²) >= 11 is 6.26. The van der Waals surface area contributed by atoms with E-state index in [2.05, 4.69) is 9.97 Å². The molecule has 0 fully saturated rings. The van der Waals surface area contributed by atoms with Gasteiger partial charge >= 0.3 is 0 Å². The van der Waals surface area contributed by atoms with E-state index < -0.39 is 0 Å². The van der Waals surface area contributed by atoms with Crippen molar-refractivity contribution in [1.29, 1.82) is 0 Å². The predicted molar refractivity (Wildman–Crippen MR) is 87.2 cm³/mol. The monoisotopic (exact) mass is 320 g/mol. The molecule has 5 nitrogen and oxygen atoms in total. The molecule has 0 unspecified atom stereocenters. The molecule has 0 aliphatic carbocycles. The Kier molecular flexibility index (Phi) is 5.35. The van der Waals surface area contributed by atoms with Crippen LogP contribution >= 0.6 is 23.6 Å². The highest BCUT2D eigenvalue weighted by Gasteiger charge is 2.20. The van der Waals surface area contributed by atoms with Crippen LogP contribution < -0.4 is 5.73 Å². The van der Waals surface area contributed by atoms with Crippen LogP contribution in [-0.2, 0) is 6.54 Å². The van der Waals surface area contributed by atoms with E-state index in [9.17, 15) is 4.79 Å². The molecular weight excluding hydrogens is 304 g/mol. The van der Waals surface area contributed by atoms with Crippen LogP contribution in [0.5, 0.6) is 0 Å². The number of nitrogens with two attached hydrogens (primary N) is 1. The lowest BCUT2D eigenvalue weighted by molar-refractivity contribution is 0.0752. The fourth-order valence-corrected chi connectivity index (χ4v) is 2.72. The van der Waals surface area contributed by atoms with Crippen LogP contribution in [0.1, 0.15) is 27.3 Å². The molecule has 2 N–H and O–H groups in total. The fraction of sp³-hybridized carbons (Fsp3) is 0.286. The Balaban J connectivity index is 2.17. The van der Waals surface area contributed by atoms with Gasteiger partial charge in [0.15, 0.2) is 0 Å². The smallest absolute Gasteiger partial charge is 0.266 e. The van der Waals surface area contributed by atoms with Crippen molar-refractivity contribution in [3.05, 3.63) is 46.2 Å². The Hall–Kier alpha value is -1.86. The summed E-state index contributed by atoms with van der Waals surface area (Å²) in [5.74, 6) is -0.0462. The molecule has 2 aromatic heterocycles. The highest BCUT2D eigenvalue weighted by Crippen LogP contribution is 2.17. The molecule has 0 saturated carbocycles. The number of amides is 1. The maximum absolute atomic E-state index is 12.6. The van der Waals surface area contributed by atoms with Crippen molar-refractivity contribution in [1.82, 2.24) is 14.9 Å². The van der Waals surface area contributed by atoms with Crippen LogP contribution in [0.2, 0.25) is 0 Å². The van der Waals surface area contributed by atoms with Crippen molar-refractivity contribution in [2.24, 2.45) is 5.73 Å². The SMILES string of the molecule is Cc1ncsc1C(=O)N(CCC(N)=S)Cc1cccnc1. The molecule has 21 heavy (non-hydrogen) atoms. The van der Waals surface area contributed by atoms with Gasteiger partial charge in [0.25, 0.3) is 5.91 Å². The van der Waals surface area contributed by atoms with E-state index in [1.165, 1.54) is 11.3 Å². The van der Waals surface area contributed by atoms with Gasteiger partial charge in [0, 0.05) is 31.9 Å². The Bertz CT molecular complexity index is 627. The molecule has 1 amide bonds. The zero-order valence-corrected chi connectivity index (χ0v) is 13.3. The van der Waals surface area contributed by atoms with Gasteiger partial charge in [-0.2, -0.15) is 0 Å². The summed E-state index contributed by atoms with van der Waals surface area (Å²) in [4.78, 5) is 23.6. The van der Waals surface area contributed by atoms with Gasteiger partial charge < -0.3 is 10.6 Å². The maximum Gasteiger partial charge on any atom is 0.266 e. The van der Waals surface area contributed by atoms with E-state index >= 15 is 0 Å². The van der Waals surface area contributed by atoms with Crippen LogP contribution in [0.4, 0.5) is 0 Å². The Morgan fingerprint density at radius 3 is 2.90 bits per heavy atom. The summed E-state index contributed by atoms with van der Waals surface area (Å²) in [5.41, 5.74) is 8.95. The van der Waals surface area contributed by atoms with Gasteiger partial charge in [-0.1, -0.05) is 18.3 Å². The molecule has 0 aliphatic heterocycles. The molecule has 0 radical (unpaired) electrons. The first-order chi connectivity index (χ1) is 10.1. The van der Waals surface area contributed by atoms with Crippen LogP contribution in [0.25, 0.3) is 0 Å². The molecule has 110 valence electrons.